The van der Waals surface area contributed by atoms with Crippen LogP contribution in [0.25, 0.3) is 0 Å². The Labute approximate surface area is 192 Å². The van der Waals surface area contributed by atoms with Crippen LogP contribution in [0, 0.1) is 0 Å². The van der Waals surface area contributed by atoms with Crippen molar-refractivity contribution in [2.24, 2.45) is 4.99 Å². The fourth-order valence-corrected chi connectivity index (χ4v) is 5.06. The third-order valence-corrected chi connectivity index (χ3v) is 7.60. The molecule has 5 rings (SSSR count). The van der Waals surface area contributed by atoms with E-state index in [4.69, 9.17) is 16.3 Å². The maximum Gasteiger partial charge on any atom is 0.206 e. The first kappa shape index (κ1) is 21.0. The average Bonchev–Trinajstić information content (AvgIpc) is 3.18. The van der Waals surface area contributed by atoms with Crippen LogP contribution in [-0.2, 0) is 27.5 Å². The van der Waals surface area contributed by atoms with Gasteiger partial charge in [-0.05, 0) is 59.7 Å². The molecule has 2 aliphatic heterocycles. The van der Waals surface area contributed by atoms with Crippen molar-refractivity contribution in [1.82, 2.24) is 0 Å². The van der Waals surface area contributed by atoms with Crippen LogP contribution in [0.1, 0.15) is 11.1 Å². The molecule has 2 heterocycles. The van der Waals surface area contributed by atoms with E-state index in [2.05, 4.69) is 33.8 Å². The molecular formula is C24H22ClN3O3S. The minimum absolute atomic E-state index is 0.224. The topological polar surface area (TPSA) is 79.8 Å². The van der Waals surface area contributed by atoms with E-state index in [-0.39, 0.29) is 9.79 Å². The van der Waals surface area contributed by atoms with Gasteiger partial charge in [-0.2, -0.15) is 0 Å². The van der Waals surface area contributed by atoms with Gasteiger partial charge in [0.25, 0.3) is 0 Å². The monoisotopic (exact) mass is 467 g/mol. The van der Waals surface area contributed by atoms with E-state index in [1.807, 2.05) is 0 Å². The summed E-state index contributed by atoms with van der Waals surface area (Å²) in [6, 6.07) is 19.7. The smallest absolute Gasteiger partial charge is 0.206 e. The quantitative estimate of drug-likeness (QED) is 0.556. The number of nitrogens with one attached hydrogen (secondary N) is 2. The van der Waals surface area contributed by atoms with Gasteiger partial charge in [-0.1, -0.05) is 29.8 Å². The van der Waals surface area contributed by atoms with E-state index < -0.39 is 9.84 Å². The van der Waals surface area contributed by atoms with Gasteiger partial charge in [-0.25, -0.2) is 8.42 Å². The molecule has 1 saturated heterocycles. The molecule has 2 N–H and O–H groups in total. The predicted molar refractivity (Wildman–Crippen MR) is 126 cm³/mol. The molecule has 0 aromatic heterocycles. The summed E-state index contributed by atoms with van der Waals surface area (Å²) in [6.45, 7) is 1.97. The highest BCUT2D eigenvalue weighted by Crippen LogP contribution is 2.28. The van der Waals surface area contributed by atoms with Gasteiger partial charge in [0, 0.05) is 22.8 Å². The summed E-state index contributed by atoms with van der Waals surface area (Å²) < 4.78 is 30.8. The highest BCUT2D eigenvalue weighted by Gasteiger charge is 2.21. The molecule has 3 aromatic carbocycles. The van der Waals surface area contributed by atoms with E-state index in [0.717, 1.165) is 42.4 Å². The third-order valence-electron chi connectivity index (χ3n) is 5.57. The van der Waals surface area contributed by atoms with Crippen molar-refractivity contribution in [3.63, 3.8) is 0 Å². The highest BCUT2D eigenvalue weighted by molar-refractivity contribution is 7.91. The Hall–Kier alpha value is -2.87. The zero-order valence-corrected chi connectivity index (χ0v) is 18.8. The van der Waals surface area contributed by atoms with Crippen LogP contribution in [0.5, 0.6) is 0 Å². The SMILES string of the molecule is O=S(=O)(c1ccc(Cl)cc1)c1ccc(CN=C2Cc3ccc(NC4COC4)cc3N2)cc1. The molecule has 0 aliphatic carbocycles. The van der Waals surface area contributed by atoms with Gasteiger partial charge in [0.2, 0.25) is 9.84 Å². The predicted octanol–water partition coefficient (Wildman–Crippen LogP) is 4.55. The number of sulfone groups is 1. The maximum absolute atomic E-state index is 12.8. The molecule has 0 amide bonds. The van der Waals surface area contributed by atoms with Gasteiger partial charge in [-0.3, -0.25) is 4.99 Å². The number of hydrogen-bond acceptors (Lipinski definition) is 5. The molecule has 0 radical (unpaired) electrons. The van der Waals surface area contributed by atoms with Crippen LogP contribution >= 0.6 is 11.6 Å². The lowest BCUT2D eigenvalue weighted by molar-refractivity contribution is 0.0211. The first-order chi connectivity index (χ1) is 15.5. The Kier molecular flexibility index (Phi) is 5.63. The number of ether oxygens (including phenoxy) is 1. The Balaban J connectivity index is 1.24. The second kappa shape index (κ2) is 8.58. The number of rotatable bonds is 6. The van der Waals surface area contributed by atoms with Crippen molar-refractivity contribution < 1.29 is 13.2 Å². The van der Waals surface area contributed by atoms with E-state index in [1.165, 1.54) is 17.7 Å². The maximum atomic E-state index is 12.8. The van der Waals surface area contributed by atoms with Crippen LogP contribution in [0.2, 0.25) is 5.02 Å². The average molecular weight is 468 g/mol. The number of halogens is 1. The highest BCUT2D eigenvalue weighted by atomic mass is 35.5. The number of aliphatic imine (C=N–C) groups is 1. The van der Waals surface area contributed by atoms with Crippen LogP contribution in [0.3, 0.4) is 0 Å². The van der Waals surface area contributed by atoms with Crippen molar-refractivity contribution >= 4 is 38.6 Å². The number of hydrogen-bond donors (Lipinski definition) is 2. The third kappa shape index (κ3) is 4.37. The molecule has 1 fully saturated rings. The summed E-state index contributed by atoms with van der Waals surface area (Å²) in [4.78, 5) is 5.16. The van der Waals surface area contributed by atoms with Crippen molar-refractivity contribution in [2.75, 3.05) is 23.8 Å². The number of amidine groups is 1. The second-order valence-corrected chi connectivity index (χ2v) is 10.3. The summed E-state index contributed by atoms with van der Waals surface area (Å²) in [5.74, 6) is 0.905. The van der Waals surface area contributed by atoms with Crippen LogP contribution in [0.4, 0.5) is 11.4 Å². The van der Waals surface area contributed by atoms with Crippen molar-refractivity contribution in [3.8, 4) is 0 Å². The lowest BCUT2D eigenvalue weighted by Gasteiger charge is -2.28. The van der Waals surface area contributed by atoms with Crippen molar-refractivity contribution in [2.45, 2.75) is 28.8 Å². The van der Waals surface area contributed by atoms with E-state index in [9.17, 15) is 8.42 Å². The van der Waals surface area contributed by atoms with E-state index in [1.54, 1.807) is 36.4 Å². The number of anilines is 2. The standard InChI is InChI=1S/C24H22ClN3O3S/c25-18-4-9-22(10-5-18)32(29,30)21-7-1-16(2-8-21)13-26-24-11-17-3-6-19(12-23(17)28-24)27-20-14-31-15-20/h1-10,12,20,27H,11,13-15H2,(H,26,28). The fourth-order valence-electron chi connectivity index (χ4n) is 3.68. The molecule has 8 heteroatoms. The van der Waals surface area contributed by atoms with Crippen LogP contribution < -0.4 is 10.6 Å². The van der Waals surface area contributed by atoms with Crippen LogP contribution in [0.15, 0.2) is 81.5 Å². The second-order valence-electron chi connectivity index (χ2n) is 7.92. The zero-order valence-electron chi connectivity index (χ0n) is 17.2. The van der Waals surface area contributed by atoms with Crippen molar-refractivity contribution in [1.29, 1.82) is 0 Å². The van der Waals surface area contributed by atoms with Gasteiger partial charge in [0.15, 0.2) is 0 Å². The zero-order chi connectivity index (χ0) is 22.1. The fraction of sp³-hybridized carbons (Fsp3) is 0.208. The molecule has 0 atom stereocenters. The first-order valence-corrected chi connectivity index (χ1v) is 12.2. The van der Waals surface area contributed by atoms with E-state index in [0.29, 0.717) is 17.6 Å². The Bertz CT molecular complexity index is 1270. The molecule has 0 bridgehead atoms. The molecule has 6 nitrogen and oxygen atoms in total. The number of nitrogens with zero attached hydrogens (tertiary/aromatic N) is 1. The Morgan fingerprint density at radius 1 is 1.00 bits per heavy atom. The first-order valence-electron chi connectivity index (χ1n) is 10.3. The molecule has 0 unspecified atom stereocenters. The molecule has 0 saturated carbocycles. The minimum atomic E-state index is -3.57. The van der Waals surface area contributed by atoms with Gasteiger partial charge in [0.1, 0.15) is 5.84 Å². The van der Waals surface area contributed by atoms with Gasteiger partial charge in [0.05, 0.1) is 35.6 Å². The van der Waals surface area contributed by atoms with Gasteiger partial charge < -0.3 is 15.4 Å². The van der Waals surface area contributed by atoms with Gasteiger partial charge >= 0.3 is 0 Å². The molecule has 3 aromatic rings. The Morgan fingerprint density at radius 2 is 1.69 bits per heavy atom. The number of fused-ring (bicyclic) bond motifs is 1. The lowest BCUT2D eigenvalue weighted by Crippen LogP contribution is -2.40. The normalized spacial score (nSPS) is 17.0. The van der Waals surface area contributed by atoms with E-state index >= 15 is 0 Å². The molecule has 2 aliphatic rings. The summed E-state index contributed by atoms with van der Waals surface area (Å²) in [5, 5.41) is 7.34. The molecule has 164 valence electrons. The molecule has 0 spiro atoms. The van der Waals surface area contributed by atoms with Gasteiger partial charge in [-0.15, -0.1) is 0 Å². The van der Waals surface area contributed by atoms with Crippen LogP contribution in [-0.4, -0.2) is 33.5 Å². The molecule has 32 heavy (non-hydrogen) atoms. The Morgan fingerprint density at radius 3 is 2.34 bits per heavy atom. The molecular weight excluding hydrogens is 446 g/mol. The number of benzene rings is 3. The largest absolute Gasteiger partial charge is 0.378 e. The lowest BCUT2D eigenvalue weighted by atomic mass is 10.1. The summed E-state index contributed by atoms with van der Waals surface area (Å²) in [6.07, 6.45) is 0.755. The summed E-state index contributed by atoms with van der Waals surface area (Å²) in [5.41, 5.74) is 4.29. The van der Waals surface area contributed by atoms with Crippen molar-refractivity contribution in [3.05, 3.63) is 82.9 Å². The summed E-state index contributed by atoms with van der Waals surface area (Å²) >= 11 is 5.86. The minimum Gasteiger partial charge on any atom is -0.378 e. The summed E-state index contributed by atoms with van der Waals surface area (Å²) in [7, 11) is -3.57.